The number of benzene rings is 1. The van der Waals surface area contributed by atoms with Crippen LogP contribution in [-0.4, -0.2) is 45.4 Å². The molecule has 0 bridgehead atoms. The van der Waals surface area contributed by atoms with Crippen molar-refractivity contribution in [3.05, 3.63) is 48.3 Å². The zero-order valence-electron chi connectivity index (χ0n) is 12.5. The van der Waals surface area contributed by atoms with Gasteiger partial charge in [0.15, 0.2) is 0 Å². The van der Waals surface area contributed by atoms with Crippen LogP contribution in [0.15, 0.2) is 42.7 Å². The number of amides is 1. The summed E-state index contributed by atoms with van der Waals surface area (Å²) in [5, 5.41) is 7.58. The van der Waals surface area contributed by atoms with Crippen LogP contribution in [0.2, 0.25) is 0 Å². The van der Waals surface area contributed by atoms with Gasteiger partial charge in [-0.2, -0.15) is 0 Å². The van der Waals surface area contributed by atoms with E-state index in [1.807, 2.05) is 23.1 Å². The number of nitrogens with zero attached hydrogens (tertiary/aromatic N) is 4. The minimum absolute atomic E-state index is 0. The first-order chi connectivity index (χ1) is 10.3. The third-order valence-electron chi connectivity index (χ3n) is 3.29. The molecule has 2 N–H and O–H groups in total. The Morgan fingerprint density at radius 1 is 1.23 bits per heavy atom. The number of aromatic nitrogens is 3. The van der Waals surface area contributed by atoms with E-state index in [2.05, 4.69) is 22.4 Å². The maximum atomic E-state index is 12.3. The van der Waals surface area contributed by atoms with Crippen LogP contribution < -0.4 is 5.73 Å². The van der Waals surface area contributed by atoms with Crippen LogP contribution in [0, 0.1) is 0 Å². The Labute approximate surface area is 136 Å². The highest BCUT2D eigenvalue weighted by Crippen LogP contribution is 2.03. The van der Waals surface area contributed by atoms with Gasteiger partial charge in [-0.1, -0.05) is 35.5 Å². The molecule has 2 aromatic rings. The largest absolute Gasteiger partial charge is 0.341 e. The Morgan fingerprint density at radius 2 is 2.00 bits per heavy atom. The molecule has 0 spiro atoms. The third kappa shape index (κ3) is 5.83. The summed E-state index contributed by atoms with van der Waals surface area (Å²) in [5.41, 5.74) is 6.83. The minimum Gasteiger partial charge on any atom is -0.341 e. The van der Waals surface area contributed by atoms with Crippen molar-refractivity contribution in [2.24, 2.45) is 5.73 Å². The maximum Gasteiger partial charge on any atom is 0.224 e. The quantitative estimate of drug-likeness (QED) is 0.789. The Balaban J connectivity index is 0.00000242. The predicted octanol–water partition coefficient (Wildman–Crippen LogP) is 1.12. The number of carbonyl (C=O) groups excluding carboxylic acids is 1. The lowest BCUT2D eigenvalue weighted by Gasteiger charge is -2.22. The van der Waals surface area contributed by atoms with Gasteiger partial charge in [0, 0.05) is 32.3 Å². The molecule has 6 nitrogen and oxygen atoms in total. The van der Waals surface area contributed by atoms with Gasteiger partial charge in [-0.15, -0.1) is 17.5 Å². The van der Waals surface area contributed by atoms with Crippen LogP contribution >= 0.6 is 12.4 Å². The van der Waals surface area contributed by atoms with Gasteiger partial charge in [0.1, 0.15) is 0 Å². The third-order valence-corrected chi connectivity index (χ3v) is 3.29. The number of nitrogens with two attached hydrogens (primary N) is 1. The molecule has 22 heavy (non-hydrogen) atoms. The first-order valence-corrected chi connectivity index (χ1v) is 7.15. The number of hydrogen-bond acceptors (Lipinski definition) is 4. The minimum atomic E-state index is 0. The molecule has 7 heteroatoms. The molecule has 1 amide bonds. The topological polar surface area (TPSA) is 77.0 Å². The second-order valence-corrected chi connectivity index (χ2v) is 4.82. The monoisotopic (exact) mass is 323 g/mol. The SMILES string of the molecule is Cl.NCCN(CCc1ccccc1)C(=O)CCn1ccnn1. The molecule has 1 aromatic carbocycles. The molecular formula is C15H22ClN5O. The van der Waals surface area contributed by atoms with E-state index in [4.69, 9.17) is 5.73 Å². The zero-order chi connectivity index (χ0) is 14.9. The van der Waals surface area contributed by atoms with Crippen molar-refractivity contribution in [2.75, 3.05) is 19.6 Å². The number of hydrogen-bond donors (Lipinski definition) is 1. The Kier molecular flexibility index (Phi) is 8.17. The lowest BCUT2D eigenvalue weighted by Crippen LogP contribution is -2.37. The Hall–Kier alpha value is -1.92. The van der Waals surface area contributed by atoms with E-state index in [1.165, 1.54) is 5.56 Å². The van der Waals surface area contributed by atoms with E-state index < -0.39 is 0 Å². The van der Waals surface area contributed by atoms with E-state index in [0.29, 0.717) is 32.6 Å². The summed E-state index contributed by atoms with van der Waals surface area (Å²) in [7, 11) is 0. The molecule has 2 rings (SSSR count). The fourth-order valence-electron chi connectivity index (χ4n) is 2.15. The molecule has 0 aliphatic rings. The summed E-state index contributed by atoms with van der Waals surface area (Å²) < 4.78 is 1.66. The van der Waals surface area contributed by atoms with Crippen LogP contribution in [0.3, 0.4) is 0 Å². The van der Waals surface area contributed by atoms with Gasteiger partial charge < -0.3 is 10.6 Å². The second-order valence-electron chi connectivity index (χ2n) is 4.82. The van der Waals surface area contributed by atoms with Crippen LogP contribution in [0.5, 0.6) is 0 Å². The lowest BCUT2D eigenvalue weighted by atomic mass is 10.1. The average Bonchev–Trinajstić information content (AvgIpc) is 3.03. The fraction of sp³-hybridized carbons (Fsp3) is 0.400. The molecular weight excluding hydrogens is 302 g/mol. The van der Waals surface area contributed by atoms with Gasteiger partial charge in [-0.05, 0) is 12.0 Å². The molecule has 0 unspecified atom stereocenters. The van der Waals surface area contributed by atoms with Crippen molar-refractivity contribution in [3.8, 4) is 0 Å². The molecule has 0 aliphatic heterocycles. The van der Waals surface area contributed by atoms with Gasteiger partial charge in [0.2, 0.25) is 5.91 Å². The predicted molar refractivity (Wildman–Crippen MR) is 87.7 cm³/mol. The summed E-state index contributed by atoms with van der Waals surface area (Å²) in [6.07, 6.45) is 4.62. The summed E-state index contributed by atoms with van der Waals surface area (Å²) in [4.78, 5) is 14.1. The van der Waals surface area contributed by atoms with Gasteiger partial charge in [-0.25, -0.2) is 0 Å². The Morgan fingerprint density at radius 3 is 2.64 bits per heavy atom. The molecule has 0 saturated heterocycles. The van der Waals surface area contributed by atoms with Crippen molar-refractivity contribution in [1.82, 2.24) is 19.9 Å². The second kappa shape index (κ2) is 9.92. The average molecular weight is 324 g/mol. The number of aryl methyl sites for hydroxylation is 1. The molecule has 1 aromatic heterocycles. The molecule has 0 atom stereocenters. The molecule has 1 heterocycles. The van der Waals surface area contributed by atoms with Gasteiger partial charge in [0.05, 0.1) is 12.7 Å². The van der Waals surface area contributed by atoms with Crippen LogP contribution in [0.25, 0.3) is 0 Å². The van der Waals surface area contributed by atoms with Crippen molar-refractivity contribution in [2.45, 2.75) is 19.4 Å². The van der Waals surface area contributed by atoms with E-state index in [-0.39, 0.29) is 18.3 Å². The summed E-state index contributed by atoms with van der Waals surface area (Å²) in [6.45, 7) is 2.30. The van der Waals surface area contributed by atoms with Gasteiger partial charge in [-0.3, -0.25) is 9.48 Å². The van der Waals surface area contributed by atoms with E-state index in [0.717, 1.165) is 6.42 Å². The first kappa shape index (κ1) is 18.1. The van der Waals surface area contributed by atoms with Crippen LogP contribution in [-0.2, 0) is 17.8 Å². The van der Waals surface area contributed by atoms with Crippen molar-refractivity contribution in [3.63, 3.8) is 0 Å². The van der Waals surface area contributed by atoms with Crippen molar-refractivity contribution < 1.29 is 4.79 Å². The highest BCUT2D eigenvalue weighted by molar-refractivity contribution is 5.85. The summed E-state index contributed by atoms with van der Waals surface area (Å²) >= 11 is 0. The molecule has 0 aliphatic carbocycles. The summed E-state index contributed by atoms with van der Waals surface area (Å²) in [6, 6.07) is 10.1. The first-order valence-electron chi connectivity index (χ1n) is 7.15. The van der Waals surface area contributed by atoms with E-state index in [9.17, 15) is 4.79 Å². The number of halogens is 1. The smallest absolute Gasteiger partial charge is 0.224 e. The number of rotatable bonds is 8. The van der Waals surface area contributed by atoms with Gasteiger partial charge in [0.25, 0.3) is 0 Å². The normalized spacial score (nSPS) is 10.0. The van der Waals surface area contributed by atoms with Crippen molar-refractivity contribution >= 4 is 18.3 Å². The van der Waals surface area contributed by atoms with Gasteiger partial charge >= 0.3 is 0 Å². The number of carbonyl (C=O) groups is 1. The molecule has 120 valence electrons. The Bertz CT molecular complexity index is 532. The lowest BCUT2D eigenvalue weighted by molar-refractivity contribution is -0.131. The standard InChI is InChI=1S/C15H21N5O.ClH/c16-8-12-19(10-6-14-4-2-1-3-5-14)15(21)7-11-20-13-9-17-18-20;/h1-5,9,13H,6-8,10-12,16H2;1H. The molecule has 0 fully saturated rings. The highest BCUT2D eigenvalue weighted by atomic mass is 35.5. The van der Waals surface area contributed by atoms with Crippen LogP contribution in [0.4, 0.5) is 0 Å². The molecule has 0 radical (unpaired) electrons. The highest BCUT2D eigenvalue weighted by Gasteiger charge is 2.12. The maximum absolute atomic E-state index is 12.3. The zero-order valence-corrected chi connectivity index (χ0v) is 13.3. The van der Waals surface area contributed by atoms with E-state index >= 15 is 0 Å². The van der Waals surface area contributed by atoms with Crippen LogP contribution in [0.1, 0.15) is 12.0 Å². The van der Waals surface area contributed by atoms with Crippen molar-refractivity contribution in [1.29, 1.82) is 0 Å². The van der Waals surface area contributed by atoms with E-state index in [1.54, 1.807) is 17.1 Å². The summed E-state index contributed by atoms with van der Waals surface area (Å²) in [5.74, 6) is 0.104. The fourth-order valence-corrected chi connectivity index (χ4v) is 2.15. The molecule has 0 saturated carbocycles.